The summed E-state index contributed by atoms with van der Waals surface area (Å²) in [6, 6.07) is 24.4. The highest BCUT2D eigenvalue weighted by molar-refractivity contribution is 9.10. The summed E-state index contributed by atoms with van der Waals surface area (Å²) in [7, 11) is 0. The number of nitrogens with one attached hydrogen (secondary N) is 1. The molecule has 1 N–H and O–H groups in total. The van der Waals surface area contributed by atoms with Crippen LogP contribution >= 0.6 is 39.0 Å². The summed E-state index contributed by atoms with van der Waals surface area (Å²) in [5.74, 6) is -3.55. The van der Waals surface area contributed by atoms with Crippen LogP contribution in [-0.2, 0) is 27.1 Å². The first kappa shape index (κ1) is 30.5. The van der Waals surface area contributed by atoms with E-state index >= 15 is 0 Å². The molecule has 0 saturated carbocycles. The molecule has 2 aliphatic heterocycles. The van der Waals surface area contributed by atoms with Crippen molar-refractivity contribution in [3.05, 3.63) is 121 Å². The Balaban J connectivity index is 1.26. The van der Waals surface area contributed by atoms with Crippen LogP contribution < -0.4 is 15.1 Å². The zero-order chi connectivity index (χ0) is 32.3. The van der Waals surface area contributed by atoms with Crippen LogP contribution in [-0.4, -0.2) is 27.5 Å². The number of thiazole rings is 1. The second-order valence-corrected chi connectivity index (χ2v) is 13.9. The first-order valence-corrected chi connectivity index (χ1v) is 16.5. The number of benzene rings is 4. The molecular weight excluding hydrogens is 703 g/mol. The van der Waals surface area contributed by atoms with Crippen molar-refractivity contribution in [2.24, 2.45) is 5.92 Å². The van der Waals surface area contributed by atoms with Gasteiger partial charge in [-0.05, 0) is 58.8 Å². The Bertz CT molecular complexity index is 2130. The highest BCUT2D eigenvalue weighted by atomic mass is 79.9. The molecule has 1 aromatic heterocycles. The van der Waals surface area contributed by atoms with Crippen molar-refractivity contribution in [1.82, 2.24) is 4.57 Å². The van der Waals surface area contributed by atoms with Gasteiger partial charge in [-0.15, -0.1) is 0 Å². The van der Waals surface area contributed by atoms with Crippen molar-refractivity contribution >= 4 is 78.9 Å². The summed E-state index contributed by atoms with van der Waals surface area (Å²) in [4.78, 5) is 55.4. The van der Waals surface area contributed by atoms with Gasteiger partial charge in [0.25, 0.3) is 0 Å². The number of rotatable bonds is 5. The molecule has 5 aromatic rings. The number of hydrogen-bond acceptors (Lipinski definition) is 6. The zero-order valence-corrected chi connectivity index (χ0v) is 26.7. The van der Waals surface area contributed by atoms with E-state index in [1.54, 1.807) is 30.3 Å². The fourth-order valence-corrected chi connectivity index (χ4v) is 9.19. The Labute approximate surface area is 276 Å². The molecule has 3 heterocycles. The second-order valence-electron chi connectivity index (χ2n) is 10.9. The number of alkyl halides is 3. The van der Waals surface area contributed by atoms with Crippen LogP contribution in [0.25, 0.3) is 10.8 Å². The molecule has 2 unspecified atom stereocenters. The van der Waals surface area contributed by atoms with E-state index in [1.165, 1.54) is 10.6 Å². The minimum Gasteiger partial charge on any atom is -0.325 e. The van der Waals surface area contributed by atoms with Crippen LogP contribution in [0.3, 0.4) is 0 Å². The Morgan fingerprint density at radius 3 is 2.39 bits per heavy atom. The quantitative estimate of drug-likeness (QED) is 0.193. The summed E-state index contributed by atoms with van der Waals surface area (Å²) in [6.45, 7) is -0.341. The molecule has 2 aliphatic rings. The smallest absolute Gasteiger partial charge is 0.325 e. The zero-order valence-electron chi connectivity index (χ0n) is 23.5. The molecule has 0 spiro atoms. The number of imide groups is 1. The third-order valence-corrected chi connectivity index (χ3v) is 11.1. The van der Waals surface area contributed by atoms with Crippen LogP contribution in [0.2, 0.25) is 0 Å². The average molecular weight is 725 g/mol. The highest BCUT2D eigenvalue weighted by Gasteiger charge is 2.57. The van der Waals surface area contributed by atoms with Crippen LogP contribution in [0.1, 0.15) is 21.9 Å². The number of carbonyl (C=O) groups is 3. The van der Waals surface area contributed by atoms with E-state index in [1.807, 2.05) is 36.4 Å². The molecule has 1 saturated heterocycles. The number of hydrogen-bond donors (Lipinski definition) is 1. The Morgan fingerprint density at radius 2 is 1.63 bits per heavy atom. The van der Waals surface area contributed by atoms with Crippen molar-refractivity contribution in [3.63, 3.8) is 0 Å². The van der Waals surface area contributed by atoms with Gasteiger partial charge in [-0.1, -0.05) is 87.6 Å². The number of nitrogens with zero attached hydrogens (tertiary/aromatic N) is 2. The molecule has 0 aliphatic carbocycles. The molecule has 4 aromatic carbocycles. The molecule has 0 bridgehead atoms. The molecular formula is C33H21BrF3N3O4S2. The summed E-state index contributed by atoms with van der Waals surface area (Å²) in [5.41, 5.74) is 0.0335. The fraction of sp³-hybridized carbons (Fsp3) is 0.152. The van der Waals surface area contributed by atoms with Gasteiger partial charge in [0.05, 0.1) is 22.2 Å². The third-order valence-electron chi connectivity index (χ3n) is 8.02. The van der Waals surface area contributed by atoms with E-state index in [9.17, 15) is 32.3 Å². The summed E-state index contributed by atoms with van der Waals surface area (Å²) < 4.78 is 42.6. The van der Waals surface area contributed by atoms with E-state index in [2.05, 4.69) is 21.2 Å². The third kappa shape index (κ3) is 5.35. The van der Waals surface area contributed by atoms with E-state index < -0.39 is 51.4 Å². The molecule has 7 nitrogen and oxygen atoms in total. The number of fused-ring (bicyclic) bond motifs is 3. The number of amides is 3. The normalized spacial score (nSPS) is 19.3. The number of halogens is 4. The van der Waals surface area contributed by atoms with Crippen molar-refractivity contribution in [2.45, 2.75) is 28.9 Å². The van der Waals surface area contributed by atoms with E-state index in [4.69, 9.17) is 0 Å². The average Bonchev–Trinajstić information content (AvgIpc) is 3.46. The van der Waals surface area contributed by atoms with Crippen molar-refractivity contribution in [3.8, 4) is 0 Å². The summed E-state index contributed by atoms with van der Waals surface area (Å²) in [5, 5.41) is 4.10. The second kappa shape index (κ2) is 11.6. The van der Waals surface area contributed by atoms with Crippen molar-refractivity contribution < 1.29 is 27.6 Å². The predicted octanol–water partition coefficient (Wildman–Crippen LogP) is 7.28. The Morgan fingerprint density at radius 1 is 0.870 bits per heavy atom. The highest BCUT2D eigenvalue weighted by Crippen LogP contribution is 2.54. The maximum Gasteiger partial charge on any atom is 0.416 e. The van der Waals surface area contributed by atoms with Gasteiger partial charge in [0, 0.05) is 21.0 Å². The maximum absolute atomic E-state index is 14.0. The minimum absolute atomic E-state index is 0.177. The largest absolute Gasteiger partial charge is 0.416 e. The van der Waals surface area contributed by atoms with Crippen LogP contribution in [0.5, 0.6) is 0 Å². The van der Waals surface area contributed by atoms with Gasteiger partial charge in [-0.2, -0.15) is 13.2 Å². The Hall–Kier alpha value is -4.20. The molecule has 13 heteroatoms. The van der Waals surface area contributed by atoms with Crippen molar-refractivity contribution in [1.29, 1.82) is 0 Å². The lowest BCUT2D eigenvalue weighted by molar-refractivity contribution is -0.137. The molecule has 1 fully saturated rings. The summed E-state index contributed by atoms with van der Waals surface area (Å²) >= 11 is 5.34. The van der Waals surface area contributed by atoms with Gasteiger partial charge in [0.1, 0.15) is 11.8 Å². The first-order chi connectivity index (χ1) is 22.0. The lowest BCUT2D eigenvalue weighted by Crippen LogP contribution is -2.33. The van der Waals surface area contributed by atoms with E-state index in [0.717, 1.165) is 57.0 Å². The van der Waals surface area contributed by atoms with Gasteiger partial charge < -0.3 is 5.32 Å². The number of anilines is 2. The number of aromatic nitrogens is 1. The topological polar surface area (TPSA) is 88.5 Å². The molecule has 46 heavy (non-hydrogen) atoms. The predicted molar refractivity (Wildman–Crippen MR) is 174 cm³/mol. The fourth-order valence-electron chi connectivity index (χ4n) is 6.00. The first-order valence-electron chi connectivity index (χ1n) is 14.0. The maximum atomic E-state index is 14.0. The van der Waals surface area contributed by atoms with Crippen LogP contribution in [0, 0.1) is 5.92 Å². The minimum atomic E-state index is -4.67. The lowest BCUT2D eigenvalue weighted by atomic mass is 9.83. The standard InChI is InChI=1S/C33H21BrF3N3O4S2/c34-21-9-3-7-19(13-21)25-26-27(30(43)40(29(26)42)23-10-4-8-20(15-23)33(35,36)37)45-31-28(25)46-32(44)39(31)16-24(41)38-22-12-11-17-5-1-2-6-18(17)14-22/h1-15,25-27H,16H2,(H,38,41)/t25-,26?,27?/m1/s1. The van der Waals surface area contributed by atoms with Crippen LogP contribution in [0.15, 0.2) is 105 Å². The van der Waals surface area contributed by atoms with Gasteiger partial charge in [-0.25, -0.2) is 4.90 Å². The lowest BCUT2D eigenvalue weighted by Gasteiger charge is -2.30. The summed E-state index contributed by atoms with van der Waals surface area (Å²) in [6.07, 6.45) is -4.67. The monoisotopic (exact) mass is 723 g/mol. The molecule has 3 atom stereocenters. The van der Waals surface area contributed by atoms with Crippen molar-refractivity contribution in [2.75, 3.05) is 10.2 Å². The van der Waals surface area contributed by atoms with E-state index in [0.29, 0.717) is 25.6 Å². The SMILES string of the molecule is O=C(Cn1c2c(sc1=O)[C@H](c1cccc(Br)c1)C1C(=O)N(c3cccc(C(F)(F)F)c3)C(=O)C1S2)Nc1ccc2ccccc2c1. The van der Waals surface area contributed by atoms with Gasteiger partial charge in [0.2, 0.25) is 17.7 Å². The molecule has 0 radical (unpaired) electrons. The van der Waals surface area contributed by atoms with Gasteiger partial charge in [0.15, 0.2) is 0 Å². The number of thioether (sulfide) groups is 1. The molecule has 7 rings (SSSR count). The number of carbonyl (C=O) groups excluding carboxylic acids is 3. The van der Waals surface area contributed by atoms with E-state index in [-0.39, 0.29) is 12.2 Å². The molecule has 232 valence electrons. The van der Waals surface area contributed by atoms with Gasteiger partial charge >= 0.3 is 11.0 Å². The Kier molecular flexibility index (Phi) is 7.65. The van der Waals surface area contributed by atoms with Gasteiger partial charge in [-0.3, -0.25) is 23.7 Å². The molecule has 3 amide bonds. The van der Waals surface area contributed by atoms with Crippen LogP contribution in [0.4, 0.5) is 24.5 Å².